The van der Waals surface area contributed by atoms with E-state index in [0.29, 0.717) is 19.5 Å². The van der Waals surface area contributed by atoms with Crippen LogP contribution in [0.25, 0.3) is 0 Å². The lowest BCUT2D eigenvalue weighted by Gasteiger charge is -2.30. The number of alkyl halides is 3. The molecule has 5 heteroatoms. The highest BCUT2D eigenvalue weighted by molar-refractivity contribution is 5.34. The molecule has 1 aromatic rings. The van der Waals surface area contributed by atoms with Crippen molar-refractivity contribution in [2.45, 2.75) is 24.6 Å². The Labute approximate surface area is 97.5 Å². The summed E-state index contributed by atoms with van der Waals surface area (Å²) in [7, 11) is 0. The van der Waals surface area contributed by atoms with Gasteiger partial charge in [0.05, 0.1) is 11.7 Å². The van der Waals surface area contributed by atoms with E-state index in [-0.39, 0.29) is 5.56 Å². The Morgan fingerprint density at radius 1 is 1.24 bits per heavy atom. The molecule has 0 aromatic heterocycles. The molecule has 1 aromatic carbocycles. The van der Waals surface area contributed by atoms with Gasteiger partial charge in [0, 0.05) is 12.5 Å². The van der Waals surface area contributed by atoms with E-state index in [1.807, 2.05) is 0 Å². The zero-order valence-electron chi connectivity index (χ0n) is 9.17. The van der Waals surface area contributed by atoms with Crippen LogP contribution >= 0.6 is 0 Å². The second-order valence-electron chi connectivity index (χ2n) is 4.25. The van der Waals surface area contributed by atoms with E-state index >= 15 is 0 Å². The van der Waals surface area contributed by atoms with Crippen LogP contribution in [0.5, 0.6) is 0 Å². The number of hydrogen-bond donors (Lipinski definition) is 2. The molecule has 1 heterocycles. The number of hydrogen-bond acceptors (Lipinski definition) is 2. The van der Waals surface area contributed by atoms with Crippen molar-refractivity contribution < 1.29 is 18.3 Å². The lowest BCUT2D eigenvalue weighted by molar-refractivity contribution is -0.138. The number of halogens is 3. The van der Waals surface area contributed by atoms with Crippen molar-refractivity contribution in [3.63, 3.8) is 0 Å². The van der Waals surface area contributed by atoms with E-state index < -0.39 is 23.8 Å². The monoisotopic (exact) mass is 245 g/mol. The van der Waals surface area contributed by atoms with Gasteiger partial charge in [-0.1, -0.05) is 18.2 Å². The number of benzene rings is 1. The van der Waals surface area contributed by atoms with Crippen LogP contribution in [0.3, 0.4) is 0 Å². The van der Waals surface area contributed by atoms with E-state index in [1.54, 1.807) is 6.07 Å². The van der Waals surface area contributed by atoms with Gasteiger partial charge in [0.2, 0.25) is 0 Å². The van der Waals surface area contributed by atoms with Gasteiger partial charge in [0.1, 0.15) is 0 Å². The summed E-state index contributed by atoms with van der Waals surface area (Å²) in [6.45, 7) is 1.03. The van der Waals surface area contributed by atoms with Gasteiger partial charge in [-0.05, 0) is 24.6 Å². The van der Waals surface area contributed by atoms with Gasteiger partial charge < -0.3 is 10.4 Å². The molecular weight excluding hydrogens is 231 g/mol. The molecule has 0 radical (unpaired) electrons. The van der Waals surface area contributed by atoms with Gasteiger partial charge >= 0.3 is 6.18 Å². The fourth-order valence-electron chi connectivity index (χ4n) is 2.24. The van der Waals surface area contributed by atoms with Crippen LogP contribution < -0.4 is 5.32 Å². The Balaban J connectivity index is 2.37. The van der Waals surface area contributed by atoms with E-state index in [2.05, 4.69) is 5.32 Å². The highest BCUT2D eigenvalue weighted by atomic mass is 19.4. The summed E-state index contributed by atoms with van der Waals surface area (Å²) in [5.74, 6) is -0.485. The molecule has 0 aliphatic carbocycles. The number of nitrogens with one attached hydrogen (secondary N) is 1. The minimum absolute atomic E-state index is 0.180. The summed E-state index contributed by atoms with van der Waals surface area (Å²) in [4.78, 5) is 0. The van der Waals surface area contributed by atoms with Crippen LogP contribution in [0, 0.1) is 0 Å². The van der Waals surface area contributed by atoms with Gasteiger partial charge in [0.25, 0.3) is 0 Å². The van der Waals surface area contributed by atoms with Crippen LogP contribution in [-0.4, -0.2) is 24.3 Å². The predicted octanol–water partition coefficient (Wildman–Crippen LogP) is 2.14. The Morgan fingerprint density at radius 3 is 2.59 bits per heavy atom. The summed E-state index contributed by atoms with van der Waals surface area (Å²) in [6, 6.07) is 5.46. The Hall–Kier alpha value is -1.07. The topological polar surface area (TPSA) is 32.3 Å². The highest BCUT2D eigenvalue weighted by Crippen LogP contribution is 2.36. The van der Waals surface area contributed by atoms with Crippen molar-refractivity contribution in [2.24, 2.45) is 0 Å². The summed E-state index contributed by atoms with van der Waals surface area (Å²) >= 11 is 0. The van der Waals surface area contributed by atoms with Crippen LogP contribution in [0.15, 0.2) is 24.3 Å². The molecule has 1 saturated heterocycles. The first-order valence-electron chi connectivity index (χ1n) is 5.55. The SMILES string of the molecule is OC1CCNCC1c1ccccc1C(F)(F)F. The summed E-state index contributed by atoms with van der Waals surface area (Å²) in [5.41, 5.74) is -0.465. The van der Waals surface area contributed by atoms with Gasteiger partial charge in [-0.15, -0.1) is 0 Å². The predicted molar refractivity (Wildman–Crippen MR) is 57.7 cm³/mol. The number of aliphatic hydroxyl groups excluding tert-OH is 1. The first-order valence-corrected chi connectivity index (χ1v) is 5.55. The molecule has 2 rings (SSSR count). The molecule has 2 atom stereocenters. The van der Waals surface area contributed by atoms with Gasteiger partial charge in [-0.3, -0.25) is 0 Å². The Bertz CT molecular complexity index is 392. The number of aliphatic hydroxyl groups is 1. The maximum Gasteiger partial charge on any atom is 0.416 e. The third kappa shape index (κ3) is 2.61. The van der Waals surface area contributed by atoms with Crippen molar-refractivity contribution in [1.82, 2.24) is 5.32 Å². The average molecular weight is 245 g/mol. The lowest BCUT2D eigenvalue weighted by atomic mass is 9.86. The number of piperidine rings is 1. The third-order valence-electron chi connectivity index (χ3n) is 3.11. The van der Waals surface area contributed by atoms with Crippen LogP contribution in [0.1, 0.15) is 23.5 Å². The zero-order valence-corrected chi connectivity index (χ0v) is 9.17. The molecule has 1 aliphatic rings. The molecule has 17 heavy (non-hydrogen) atoms. The van der Waals surface area contributed by atoms with Crippen LogP contribution in [-0.2, 0) is 6.18 Å². The Morgan fingerprint density at radius 2 is 1.94 bits per heavy atom. The molecular formula is C12H14F3NO. The first-order chi connectivity index (χ1) is 8.00. The summed E-state index contributed by atoms with van der Waals surface area (Å²) in [5, 5.41) is 12.8. The standard InChI is InChI=1S/C12H14F3NO/c13-12(14,15)10-4-2-1-3-8(10)9-7-16-6-5-11(9)17/h1-4,9,11,16-17H,5-7H2. The summed E-state index contributed by atoms with van der Waals surface area (Å²) < 4.78 is 38.5. The van der Waals surface area contributed by atoms with Crippen molar-refractivity contribution in [3.05, 3.63) is 35.4 Å². The van der Waals surface area contributed by atoms with E-state index in [0.717, 1.165) is 6.07 Å². The van der Waals surface area contributed by atoms with Crippen molar-refractivity contribution in [2.75, 3.05) is 13.1 Å². The first kappa shape index (κ1) is 12.4. The van der Waals surface area contributed by atoms with Crippen LogP contribution in [0.2, 0.25) is 0 Å². The number of rotatable bonds is 1. The second-order valence-corrected chi connectivity index (χ2v) is 4.25. The largest absolute Gasteiger partial charge is 0.416 e. The van der Waals surface area contributed by atoms with Crippen molar-refractivity contribution in [3.8, 4) is 0 Å². The van der Waals surface area contributed by atoms with Gasteiger partial charge in [-0.2, -0.15) is 13.2 Å². The van der Waals surface area contributed by atoms with Gasteiger partial charge in [0.15, 0.2) is 0 Å². The second kappa shape index (κ2) is 4.66. The molecule has 2 N–H and O–H groups in total. The highest BCUT2D eigenvalue weighted by Gasteiger charge is 2.37. The molecule has 2 unspecified atom stereocenters. The molecule has 0 saturated carbocycles. The molecule has 0 spiro atoms. The fourth-order valence-corrected chi connectivity index (χ4v) is 2.24. The smallest absolute Gasteiger partial charge is 0.392 e. The quantitative estimate of drug-likeness (QED) is 0.794. The Kier molecular flexibility index (Phi) is 3.40. The molecule has 1 aliphatic heterocycles. The molecule has 0 bridgehead atoms. The van der Waals surface area contributed by atoms with Crippen molar-refractivity contribution >= 4 is 0 Å². The minimum Gasteiger partial charge on any atom is -0.392 e. The van der Waals surface area contributed by atoms with E-state index in [1.165, 1.54) is 12.1 Å². The van der Waals surface area contributed by atoms with E-state index in [4.69, 9.17) is 0 Å². The molecule has 94 valence electrons. The average Bonchev–Trinajstić information content (AvgIpc) is 2.28. The van der Waals surface area contributed by atoms with Crippen LogP contribution in [0.4, 0.5) is 13.2 Å². The van der Waals surface area contributed by atoms with E-state index in [9.17, 15) is 18.3 Å². The lowest BCUT2D eigenvalue weighted by Crippen LogP contribution is -2.39. The third-order valence-corrected chi connectivity index (χ3v) is 3.11. The normalized spacial score (nSPS) is 25.9. The minimum atomic E-state index is -4.37. The fraction of sp³-hybridized carbons (Fsp3) is 0.500. The van der Waals surface area contributed by atoms with Crippen molar-refractivity contribution in [1.29, 1.82) is 0 Å². The summed E-state index contributed by atoms with van der Waals surface area (Å²) in [6.07, 6.45) is -4.59. The molecule has 0 amide bonds. The molecule has 2 nitrogen and oxygen atoms in total. The molecule has 1 fully saturated rings. The zero-order chi connectivity index (χ0) is 12.5. The maximum atomic E-state index is 12.8. The maximum absolute atomic E-state index is 12.8. The van der Waals surface area contributed by atoms with Gasteiger partial charge in [-0.25, -0.2) is 0 Å².